The molecule has 8 aromatic carbocycles. The molecule has 0 amide bonds. The third-order valence-corrected chi connectivity index (χ3v) is 24.2. The van der Waals surface area contributed by atoms with Gasteiger partial charge in [0.15, 0.2) is 11.6 Å². The molecule has 8 unspecified atom stereocenters. The smallest absolute Gasteiger partial charge is 0.172 e. The van der Waals surface area contributed by atoms with Gasteiger partial charge in [0.1, 0.15) is 0 Å². The van der Waals surface area contributed by atoms with Gasteiger partial charge in [-0.25, -0.2) is 0 Å². The molecule has 8 fully saturated rings. The van der Waals surface area contributed by atoms with Gasteiger partial charge in [-0.05, 0) is 169 Å². The molecule has 0 bridgehead atoms. The number of hydrogen-bond acceptors (Lipinski definition) is 8. The lowest BCUT2D eigenvalue weighted by Gasteiger charge is -2.67. The van der Waals surface area contributed by atoms with E-state index in [-0.39, 0.29) is 47.3 Å². The summed E-state index contributed by atoms with van der Waals surface area (Å²) < 4.78 is 31.1. The summed E-state index contributed by atoms with van der Waals surface area (Å²) in [6.45, 7) is 1.65. The van der Waals surface area contributed by atoms with E-state index in [1.807, 2.05) is 10.1 Å². The Labute approximate surface area is 539 Å². The van der Waals surface area contributed by atoms with E-state index in [4.69, 9.17) is 18.9 Å². The average Bonchev–Trinajstić information content (AvgIpc) is 0.715. The Morgan fingerprint density at radius 1 is 0.242 bits per heavy atom. The van der Waals surface area contributed by atoms with Crippen molar-refractivity contribution in [1.82, 2.24) is 10.1 Å². The maximum absolute atomic E-state index is 14.0. The van der Waals surface area contributed by atoms with Crippen LogP contribution < -0.4 is 0 Å². The fourth-order valence-electron chi connectivity index (χ4n) is 20.5. The zero-order chi connectivity index (χ0) is 61.1. The highest BCUT2D eigenvalue weighted by Gasteiger charge is 2.69. The van der Waals surface area contributed by atoms with Crippen molar-refractivity contribution in [2.75, 3.05) is 26.4 Å². The van der Waals surface area contributed by atoms with Gasteiger partial charge in [0.25, 0.3) is 0 Å². The molecule has 8 aromatic rings. The summed E-state index contributed by atoms with van der Waals surface area (Å²) in [5.41, 5.74) is 7.25. The Kier molecular flexibility index (Phi) is 15.7. The predicted molar refractivity (Wildman–Crippen MR) is 357 cm³/mol. The van der Waals surface area contributed by atoms with Crippen LogP contribution in [0.5, 0.6) is 0 Å². The van der Waals surface area contributed by atoms with Gasteiger partial charge in [-0.2, -0.15) is 10.1 Å². The second kappa shape index (κ2) is 24.1. The third-order valence-electron chi connectivity index (χ3n) is 24.2. The monoisotopic (exact) mass is 1210 g/mol. The molecule has 16 rings (SSSR count). The molecule has 468 valence electrons. The standard InChI is InChI=1S/C83H90N2O6/c86-84-78(45-69(61-25-9-1-10-26-61)41-70(46-78)62-27-11-2-12-28-62)53-82(54-79(84)47-71(63-29-13-3-14-30-63)42-72(48-79)64-31-15-4-16-32-64)88-57-77(58-89-82)59-90-83(91-60-77)55-80(49-73(65-33-17-5-18-34-65)43-74(50-80)66-35-19-6-20-36-66)85(87)81(56-83)51-75(67-37-21-7-22-38-67)44-76(52-81)68-39-23-8-24-40-68/h1-40,69-76,86-87H,41-60H2. The Morgan fingerprint density at radius 3 is 0.549 bits per heavy atom. The maximum atomic E-state index is 14.0. The minimum absolute atomic E-state index is 0.203. The predicted octanol–water partition coefficient (Wildman–Crippen LogP) is 18.4. The first-order valence-electron chi connectivity index (χ1n) is 34.5. The van der Waals surface area contributed by atoms with E-state index in [1.54, 1.807) is 0 Å². The largest absolute Gasteiger partial charge is 0.349 e. The quantitative estimate of drug-likeness (QED) is 0.156. The molecule has 8 aliphatic rings. The molecule has 2 N–H and O–H groups in total. The first-order chi connectivity index (χ1) is 44.5. The first-order valence-corrected chi connectivity index (χ1v) is 34.5. The normalized spacial score (nSPS) is 36.9. The minimum Gasteiger partial charge on any atom is -0.349 e. The molecule has 4 saturated heterocycles. The van der Waals surface area contributed by atoms with Gasteiger partial charge in [-0.3, -0.25) is 0 Å². The van der Waals surface area contributed by atoms with Crippen LogP contribution in [-0.4, -0.2) is 80.7 Å². The van der Waals surface area contributed by atoms with Crippen LogP contribution in [0.2, 0.25) is 0 Å². The van der Waals surface area contributed by atoms with Crippen molar-refractivity contribution in [3.63, 3.8) is 0 Å². The zero-order valence-corrected chi connectivity index (χ0v) is 52.8. The topological polar surface area (TPSA) is 83.9 Å². The molecule has 0 radical (unpaired) electrons. The Hall–Kier alpha value is -6.56. The van der Waals surface area contributed by atoms with Crippen LogP contribution in [0.4, 0.5) is 0 Å². The highest BCUT2D eigenvalue weighted by molar-refractivity contribution is 5.36. The molecule has 8 atom stereocenters. The number of benzene rings is 8. The molecule has 4 heterocycles. The fourth-order valence-corrected chi connectivity index (χ4v) is 20.5. The van der Waals surface area contributed by atoms with Gasteiger partial charge < -0.3 is 29.4 Å². The van der Waals surface area contributed by atoms with Crippen LogP contribution in [0.15, 0.2) is 243 Å². The van der Waals surface area contributed by atoms with Crippen LogP contribution >= 0.6 is 0 Å². The average molecular weight is 1210 g/mol. The highest BCUT2D eigenvalue weighted by Crippen LogP contribution is 2.66. The minimum atomic E-state index is -0.989. The lowest BCUT2D eigenvalue weighted by Crippen LogP contribution is -2.74. The summed E-state index contributed by atoms with van der Waals surface area (Å²) in [6.07, 6.45) is 12.5. The van der Waals surface area contributed by atoms with Crippen LogP contribution in [0.3, 0.4) is 0 Å². The third kappa shape index (κ3) is 11.3. The van der Waals surface area contributed by atoms with E-state index in [1.165, 1.54) is 44.5 Å². The number of nitrogens with zero attached hydrogens (tertiary/aromatic N) is 2. The molecule has 91 heavy (non-hydrogen) atoms. The Balaban J connectivity index is 0.763. The molecule has 4 aliphatic carbocycles. The number of piperidine rings is 2. The fraction of sp³-hybridized carbons (Fsp3) is 0.422. The van der Waals surface area contributed by atoms with Crippen LogP contribution in [0.25, 0.3) is 0 Å². The summed E-state index contributed by atoms with van der Waals surface area (Å²) >= 11 is 0. The summed E-state index contributed by atoms with van der Waals surface area (Å²) in [5, 5.41) is 32.0. The zero-order valence-electron chi connectivity index (χ0n) is 52.8. The summed E-state index contributed by atoms with van der Waals surface area (Å²) in [7, 11) is 0. The van der Waals surface area contributed by atoms with Crippen molar-refractivity contribution in [2.24, 2.45) is 5.41 Å². The Bertz CT molecular complexity index is 3030. The molecule has 8 nitrogen and oxygen atoms in total. The molecule has 7 spiro atoms. The van der Waals surface area contributed by atoms with E-state index in [0.29, 0.717) is 52.1 Å². The molecule has 0 aromatic heterocycles. The summed E-state index contributed by atoms with van der Waals surface area (Å²) in [6, 6.07) is 88.7. The highest BCUT2D eigenvalue weighted by atomic mass is 16.7. The molecule has 4 saturated carbocycles. The molecular weight excluding hydrogens is 1120 g/mol. The van der Waals surface area contributed by atoms with Crippen LogP contribution in [0, 0.1) is 5.41 Å². The van der Waals surface area contributed by atoms with Gasteiger partial charge in [0.05, 0.1) is 54.0 Å². The van der Waals surface area contributed by atoms with Gasteiger partial charge in [0, 0.05) is 25.7 Å². The number of hydroxylamine groups is 4. The van der Waals surface area contributed by atoms with Crippen molar-refractivity contribution < 1.29 is 29.4 Å². The summed E-state index contributed by atoms with van der Waals surface area (Å²) in [5.74, 6) is -0.356. The summed E-state index contributed by atoms with van der Waals surface area (Å²) in [4.78, 5) is 0. The van der Waals surface area contributed by atoms with Crippen molar-refractivity contribution in [3.05, 3.63) is 287 Å². The van der Waals surface area contributed by atoms with Crippen molar-refractivity contribution in [2.45, 2.75) is 184 Å². The van der Waals surface area contributed by atoms with Gasteiger partial charge in [0.2, 0.25) is 0 Å². The van der Waals surface area contributed by atoms with E-state index < -0.39 is 39.1 Å². The lowest BCUT2D eigenvalue weighted by atomic mass is 9.56. The van der Waals surface area contributed by atoms with Crippen molar-refractivity contribution in [1.29, 1.82) is 0 Å². The first kappa shape index (κ1) is 59.5. The lowest BCUT2D eigenvalue weighted by molar-refractivity contribution is -0.425. The van der Waals surface area contributed by atoms with Crippen LogP contribution in [0.1, 0.15) is 195 Å². The van der Waals surface area contributed by atoms with Crippen LogP contribution in [-0.2, 0) is 18.9 Å². The number of rotatable bonds is 8. The van der Waals surface area contributed by atoms with Gasteiger partial charge in [-0.15, -0.1) is 0 Å². The number of hydrogen-bond donors (Lipinski definition) is 2. The molecule has 8 heteroatoms. The van der Waals surface area contributed by atoms with E-state index in [2.05, 4.69) is 243 Å². The van der Waals surface area contributed by atoms with E-state index in [0.717, 1.165) is 77.0 Å². The van der Waals surface area contributed by atoms with Crippen molar-refractivity contribution >= 4 is 0 Å². The van der Waals surface area contributed by atoms with Gasteiger partial charge in [-0.1, -0.05) is 243 Å². The second-order valence-corrected chi connectivity index (χ2v) is 30.1. The Morgan fingerprint density at radius 2 is 0.396 bits per heavy atom. The molecule has 4 aliphatic heterocycles. The van der Waals surface area contributed by atoms with E-state index >= 15 is 0 Å². The van der Waals surface area contributed by atoms with E-state index in [9.17, 15) is 10.4 Å². The molecular formula is C83H90N2O6. The number of ether oxygens (including phenoxy) is 4. The second-order valence-electron chi connectivity index (χ2n) is 30.1. The van der Waals surface area contributed by atoms with Crippen molar-refractivity contribution in [3.8, 4) is 0 Å². The SMILES string of the molecule is ON1C2(CC(c3ccccc3)CC(c3ccccc3)C2)CC2(CC13CC(c1ccccc1)CC(c1ccccc1)C3)OCC1(CO2)COC2(CC3(CC(c4ccccc4)CC(c4ccccc4)C3)N(O)C3(CC(c4ccccc4)CC(c4ccccc4)C3)C2)OC1. The van der Waals surface area contributed by atoms with Gasteiger partial charge >= 0.3 is 0 Å². The maximum Gasteiger partial charge on any atom is 0.172 e.